The predicted molar refractivity (Wildman–Crippen MR) is 93.2 cm³/mol. The number of carbonyl (C=O) groups is 1. The lowest BCUT2D eigenvalue weighted by Crippen LogP contribution is -2.30. The van der Waals surface area contributed by atoms with Crippen LogP contribution >= 0.6 is 11.8 Å². The van der Waals surface area contributed by atoms with Crippen molar-refractivity contribution < 1.29 is 13.9 Å². The van der Waals surface area contributed by atoms with Gasteiger partial charge in [-0.25, -0.2) is 14.2 Å². The second-order valence-corrected chi connectivity index (χ2v) is 6.27. The quantitative estimate of drug-likeness (QED) is 0.497. The third-order valence-corrected chi connectivity index (χ3v) is 4.60. The van der Waals surface area contributed by atoms with Crippen LogP contribution in [0.15, 0.2) is 45.5 Å². The lowest BCUT2D eigenvalue weighted by atomic mass is 9.82. The number of anilines is 1. The van der Waals surface area contributed by atoms with Crippen LogP contribution in [0.5, 0.6) is 0 Å². The van der Waals surface area contributed by atoms with Crippen molar-refractivity contribution in [3.63, 3.8) is 0 Å². The number of halogens is 1. The zero-order chi connectivity index (χ0) is 18.1. The molecule has 1 aromatic heterocycles. The zero-order valence-electron chi connectivity index (χ0n) is 13.8. The number of hydrogen-bond acceptors (Lipinski definition) is 6. The third kappa shape index (κ3) is 3.05. The first-order valence-electron chi connectivity index (χ1n) is 7.46. The predicted octanol–water partition coefficient (Wildman–Crippen LogP) is 2.64. The molecule has 0 saturated carbocycles. The van der Waals surface area contributed by atoms with E-state index in [1.807, 2.05) is 0 Å². The van der Waals surface area contributed by atoms with Crippen LogP contribution in [0.1, 0.15) is 24.0 Å². The van der Waals surface area contributed by atoms with Gasteiger partial charge in [-0.2, -0.15) is 0 Å². The van der Waals surface area contributed by atoms with Gasteiger partial charge in [0.2, 0.25) is 0 Å². The minimum atomic E-state index is -0.698. The van der Waals surface area contributed by atoms with Crippen LogP contribution in [0.2, 0.25) is 0 Å². The van der Waals surface area contributed by atoms with Gasteiger partial charge in [-0.15, -0.1) is 0 Å². The molecular formula is C17H16FN3O3S. The Kier molecular flexibility index (Phi) is 4.63. The lowest BCUT2D eigenvalue weighted by Gasteiger charge is -2.28. The molecule has 1 unspecified atom stereocenters. The first-order valence-corrected chi connectivity index (χ1v) is 8.68. The molecule has 2 N–H and O–H groups in total. The number of fused-ring (bicyclic) bond motifs is 1. The average molecular weight is 361 g/mol. The van der Waals surface area contributed by atoms with Gasteiger partial charge in [0.05, 0.1) is 24.2 Å². The topological polar surface area (TPSA) is 84.1 Å². The molecule has 1 aliphatic rings. The molecule has 3 rings (SSSR count). The maximum Gasteiger partial charge on any atom is 0.336 e. The van der Waals surface area contributed by atoms with E-state index in [4.69, 9.17) is 4.74 Å². The molecule has 2 heterocycles. The van der Waals surface area contributed by atoms with Gasteiger partial charge in [-0.3, -0.25) is 4.79 Å². The molecule has 25 heavy (non-hydrogen) atoms. The number of thioether (sulfide) groups is 1. The van der Waals surface area contributed by atoms with Gasteiger partial charge in [-0.05, 0) is 30.9 Å². The molecule has 0 amide bonds. The van der Waals surface area contributed by atoms with E-state index >= 15 is 0 Å². The van der Waals surface area contributed by atoms with Crippen molar-refractivity contribution in [2.45, 2.75) is 18.0 Å². The van der Waals surface area contributed by atoms with Gasteiger partial charge in [0, 0.05) is 5.70 Å². The SMILES string of the molecule is COC(=O)C1=C(C)Nc2nc(SC)[nH]c(=O)c2C1c1ccc(F)cc1. The Bertz CT molecular complexity index is 922. The van der Waals surface area contributed by atoms with Gasteiger partial charge >= 0.3 is 5.97 Å². The van der Waals surface area contributed by atoms with Crippen LogP contribution in [0.3, 0.4) is 0 Å². The molecule has 8 heteroatoms. The maximum absolute atomic E-state index is 13.3. The van der Waals surface area contributed by atoms with Gasteiger partial charge in [0.1, 0.15) is 11.6 Å². The van der Waals surface area contributed by atoms with E-state index in [1.165, 1.54) is 31.0 Å². The lowest BCUT2D eigenvalue weighted by molar-refractivity contribution is -0.136. The minimum absolute atomic E-state index is 0.297. The second kappa shape index (κ2) is 6.72. The summed E-state index contributed by atoms with van der Waals surface area (Å²) >= 11 is 1.30. The zero-order valence-corrected chi connectivity index (χ0v) is 14.7. The summed E-state index contributed by atoms with van der Waals surface area (Å²) in [6, 6.07) is 5.68. The summed E-state index contributed by atoms with van der Waals surface area (Å²) in [6.07, 6.45) is 1.80. The third-order valence-electron chi connectivity index (χ3n) is 4.02. The molecule has 0 saturated heterocycles. The number of nitrogens with one attached hydrogen (secondary N) is 2. The summed E-state index contributed by atoms with van der Waals surface area (Å²) in [5, 5.41) is 3.47. The number of methoxy groups -OCH3 is 1. The molecule has 0 aliphatic carbocycles. The molecule has 0 bridgehead atoms. The fraction of sp³-hybridized carbons (Fsp3) is 0.235. The van der Waals surface area contributed by atoms with Crippen LogP contribution in [-0.4, -0.2) is 29.3 Å². The van der Waals surface area contributed by atoms with Crippen molar-refractivity contribution in [2.75, 3.05) is 18.7 Å². The Morgan fingerprint density at radius 3 is 2.60 bits per heavy atom. The summed E-state index contributed by atoms with van der Waals surface area (Å²) in [5.41, 5.74) is 1.39. The summed E-state index contributed by atoms with van der Waals surface area (Å²) in [6.45, 7) is 1.72. The largest absolute Gasteiger partial charge is 0.466 e. The molecule has 1 aromatic carbocycles. The van der Waals surface area contributed by atoms with Gasteiger partial charge in [-0.1, -0.05) is 23.9 Å². The van der Waals surface area contributed by atoms with E-state index < -0.39 is 17.7 Å². The molecule has 2 aromatic rings. The van der Waals surface area contributed by atoms with E-state index in [-0.39, 0.29) is 5.56 Å². The molecule has 0 radical (unpaired) electrons. The van der Waals surface area contributed by atoms with Crippen molar-refractivity contribution >= 4 is 23.5 Å². The number of esters is 1. The van der Waals surface area contributed by atoms with Gasteiger partial charge in [0.25, 0.3) is 5.56 Å². The first-order chi connectivity index (χ1) is 12.0. The van der Waals surface area contributed by atoms with Crippen molar-refractivity contribution in [1.82, 2.24) is 9.97 Å². The molecule has 0 fully saturated rings. The molecule has 6 nitrogen and oxygen atoms in total. The Hall–Kier alpha value is -2.61. The van der Waals surface area contributed by atoms with Crippen LogP contribution in [0.25, 0.3) is 0 Å². The maximum atomic E-state index is 13.3. The number of benzene rings is 1. The Labute approximate surface area is 147 Å². The number of aromatic amines is 1. The Morgan fingerprint density at radius 2 is 2.00 bits per heavy atom. The fourth-order valence-corrected chi connectivity index (χ4v) is 3.27. The van der Waals surface area contributed by atoms with Crippen LogP contribution < -0.4 is 10.9 Å². The average Bonchev–Trinajstić information content (AvgIpc) is 2.60. The summed E-state index contributed by atoms with van der Waals surface area (Å²) in [5.74, 6) is -1.27. The number of H-pyrrole nitrogens is 1. The van der Waals surface area contributed by atoms with E-state index in [0.717, 1.165) is 0 Å². The Morgan fingerprint density at radius 1 is 1.32 bits per heavy atom. The molecule has 0 spiro atoms. The number of rotatable bonds is 3. The standard InChI is InChI=1S/C17H16FN3O3S/c1-8-11(16(23)24-2)12(9-4-6-10(18)7-5-9)13-14(19-8)20-17(25-3)21-15(13)22/h4-7,12H,1-3H3,(H2,19,20,21,22). The molecule has 1 atom stereocenters. The highest BCUT2D eigenvalue weighted by Crippen LogP contribution is 2.39. The molecule has 1 aliphatic heterocycles. The number of ether oxygens (including phenoxy) is 1. The fourth-order valence-electron chi connectivity index (χ4n) is 2.90. The number of aromatic nitrogens is 2. The van der Waals surface area contributed by atoms with Gasteiger partial charge in [0.15, 0.2) is 5.16 Å². The van der Waals surface area contributed by atoms with Crippen LogP contribution in [0, 0.1) is 5.82 Å². The highest BCUT2D eigenvalue weighted by Gasteiger charge is 2.36. The molecular weight excluding hydrogens is 345 g/mol. The normalized spacial score (nSPS) is 16.2. The minimum Gasteiger partial charge on any atom is -0.466 e. The first kappa shape index (κ1) is 17.2. The number of hydrogen-bond donors (Lipinski definition) is 2. The van der Waals surface area contributed by atoms with E-state index in [1.54, 1.807) is 25.3 Å². The smallest absolute Gasteiger partial charge is 0.336 e. The Balaban J connectivity index is 2.28. The van der Waals surface area contributed by atoms with E-state index in [9.17, 15) is 14.0 Å². The second-order valence-electron chi connectivity index (χ2n) is 5.48. The number of carbonyl (C=O) groups excluding carboxylic acids is 1. The summed E-state index contributed by atoms with van der Waals surface area (Å²) < 4.78 is 18.2. The number of allylic oxidation sites excluding steroid dienone is 1. The van der Waals surface area contributed by atoms with E-state index in [2.05, 4.69) is 15.3 Å². The van der Waals surface area contributed by atoms with Crippen molar-refractivity contribution in [1.29, 1.82) is 0 Å². The summed E-state index contributed by atoms with van der Waals surface area (Å²) in [7, 11) is 1.28. The van der Waals surface area contributed by atoms with Crippen LogP contribution in [0.4, 0.5) is 10.2 Å². The highest BCUT2D eigenvalue weighted by atomic mass is 32.2. The summed E-state index contributed by atoms with van der Waals surface area (Å²) in [4.78, 5) is 32.1. The van der Waals surface area contributed by atoms with Crippen molar-refractivity contribution in [3.05, 3.63) is 62.8 Å². The molecule has 130 valence electrons. The van der Waals surface area contributed by atoms with E-state index in [0.29, 0.717) is 33.4 Å². The van der Waals surface area contributed by atoms with Gasteiger partial charge < -0.3 is 15.0 Å². The van der Waals surface area contributed by atoms with Crippen LogP contribution in [-0.2, 0) is 9.53 Å². The van der Waals surface area contributed by atoms with Crippen molar-refractivity contribution in [2.24, 2.45) is 0 Å². The van der Waals surface area contributed by atoms with Crippen molar-refractivity contribution in [3.8, 4) is 0 Å². The highest BCUT2D eigenvalue weighted by molar-refractivity contribution is 7.98. The number of nitrogens with zero attached hydrogens (tertiary/aromatic N) is 1. The monoisotopic (exact) mass is 361 g/mol.